The summed E-state index contributed by atoms with van der Waals surface area (Å²) in [6, 6.07) is 19.8. The molecule has 4 rings (SSSR count). The number of carbonyl (C=O) groups excluding carboxylic acids is 1. The molecular formula is C23H24N6O. The number of nitrogens with zero attached hydrogens (tertiary/aromatic N) is 4. The SMILES string of the molecule is CC(C)CNC(=O)c1nc(NCc2ccccc2)c2cnn(-c3ccccc3)c2n1. The van der Waals surface area contributed by atoms with Crippen LogP contribution in [0, 0.1) is 5.92 Å². The smallest absolute Gasteiger partial charge is 0.289 e. The second-order valence-corrected chi connectivity index (χ2v) is 7.47. The zero-order valence-corrected chi connectivity index (χ0v) is 17.0. The fourth-order valence-corrected chi connectivity index (χ4v) is 3.06. The van der Waals surface area contributed by atoms with E-state index >= 15 is 0 Å². The number of hydrogen-bond donors (Lipinski definition) is 2. The summed E-state index contributed by atoms with van der Waals surface area (Å²) in [6.45, 7) is 5.23. The fraction of sp³-hybridized carbons (Fsp3) is 0.217. The molecule has 152 valence electrons. The van der Waals surface area contributed by atoms with E-state index in [-0.39, 0.29) is 11.7 Å². The van der Waals surface area contributed by atoms with Gasteiger partial charge in [0.25, 0.3) is 5.91 Å². The molecule has 0 aliphatic heterocycles. The molecule has 7 heteroatoms. The van der Waals surface area contributed by atoms with Gasteiger partial charge >= 0.3 is 0 Å². The van der Waals surface area contributed by atoms with E-state index in [2.05, 4.69) is 25.7 Å². The van der Waals surface area contributed by atoms with E-state index in [4.69, 9.17) is 0 Å². The molecule has 7 nitrogen and oxygen atoms in total. The Morgan fingerprint density at radius 1 is 1.00 bits per heavy atom. The summed E-state index contributed by atoms with van der Waals surface area (Å²) < 4.78 is 1.73. The monoisotopic (exact) mass is 400 g/mol. The Hall–Kier alpha value is -3.74. The fourth-order valence-electron chi connectivity index (χ4n) is 3.06. The lowest BCUT2D eigenvalue weighted by molar-refractivity contribution is 0.0939. The predicted molar refractivity (Wildman–Crippen MR) is 118 cm³/mol. The minimum absolute atomic E-state index is 0.122. The molecule has 0 saturated carbocycles. The van der Waals surface area contributed by atoms with Crippen LogP contribution in [0.15, 0.2) is 66.9 Å². The third-order valence-electron chi connectivity index (χ3n) is 4.61. The summed E-state index contributed by atoms with van der Waals surface area (Å²) in [5, 5.41) is 11.5. The Labute approximate surface area is 175 Å². The third-order valence-corrected chi connectivity index (χ3v) is 4.61. The molecule has 2 aromatic heterocycles. The van der Waals surface area contributed by atoms with Gasteiger partial charge in [-0.2, -0.15) is 5.10 Å². The first-order valence-corrected chi connectivity index (χ1v) is 9.99. The molecule has 0 radical (unpaired) electrons. The molecule has 0 bridgehead atoms. The first kappa shape index (κ1) is 19.6. The molecule has 0 aliphatic rings. The number of amides is 1. The Bertz CT molecular complexity index is 1140. The highest BCUT2D eigenvalue weighted by Crippen LogP contribution is 2.23. The van der Waals surface area contributed by atoms with Crippen LogP contribution in [0.25, 0.3) is 16.7 Å². The van der Waals surface area contributed by atoms with Crippen LogP contribution in [0.2, 0.25) is 0 Å². The predicted octanol–water partition coefficient (Wildman–Crippen LogP) is 3.81. The highest BCUT2D eigenvalue weighted by molar-refractivity contribution is 5.95. The summed E-state index contributed by atoms with van der Waals surface area (Å²) in [5.41, 5.74) is 2.57. The van der Waals surface area contributed by atoms with Crippen LogP contribution in [0.4, 0.5) is 5.82 Å². The molecular weight excluding hydrogens is 376 g/mol. The Morgan fingerprint density at radius 3 is 2.40 bits per heavy atom. The van der Waals surface area contributed by atoms with Gasteiger partial charge in [-0.25, -0.2) is 14.6 Å². The molecule has 0 spiro atoms. The van der Waals surface area contributed by atoms with E-state index in [1.165, 1.54) is 0 Å². The zero-order valence-electron chi connectivity index (χ0n) is 17.0. The highest BCUT2D eigenvalue weighted by Gasteiger charge is 2.18. The number of para-hydroxylation sites is 1. The number of nitrogens with one attached hydrogen (secondary N) is 2. The molecule has 1 amide bonds. The van der Waals surface area contributed by atoms with Crippen LogP contribution < -0.4 is 10.6 Å². The number of benzene rings is 2. The van der Waals surface area contributed by atoms with Gasteiger partial charge in [0.1, 0.15) is 5.82 Å². The summed E-state index contributed by atoms with van der Waals surface area (Å²) >= 11 is 0. The van der Waals surface area contributed by atoms with Gasteiger partial charge in [0.15, 0.2) is 5.65 Å². The molecule has 0 fully saturated rings. The number of hydrogen-bond acceptors (Lipinski definition) is 5. The van der Waals surface area contributed by atoms with Gasteiger partial charge < -0.3 is 10.6 Å². The van der Waals surface area contributed by atoms with Crippen molar-refractivity contribution in [2.45, 2.75) is 20.4 Å². The average molecular weight is 400 g/mol. The van der Waals surface area contributed by atoms with Gasteiger partial charge in [-0.3, -0.25) is 4.79 Å². The third kappa shape index (κ3) is 4.30. The van der Waals surface area contributed by atoms with Crippen molar-refractivity contribution in [2.24, 2.45) is 5.92 Å². The van der Waals surface area contributed by atoms with E-state index < -0.39 is 0 Å². The van der Waals surface area contributed by atoms with Crippen LogP contribution in [-0.4, -0.2) is 32.2 Å². The van der Waals surface area contributed by atoms with Crippen LogP contribution in [0.5, 0.6) is 0 Å². The largest absolute Gasteiger partial charge is 0.365 e. The van der Waals surface area contributed by atoms with Gasteiger partial charge in [0.2, 0.25) is 5.82 Å². The Kier molecular flexibility index (Phi) is 5.70. The molecule has 0 aliphatic carbocycles. The molecule has 0 saturated heterocycles. The van der Waals surface area contributed by atoms with E-state index in [1.807, 2.05) is 74.5 Å². The average Bonchev–Trinajstić information content (AvgIpc) is 3.21. The van der Waals surface area contributed by atoms with Crippen LogP contribution >= 0.6 is 0 Å². The number of carbonyl (C=O) groups is 1. The highest BCUT2D eigenvalue weighted by atomic mass is 16.2. The summed E-state index contributed by atoms with van der Waals surface area (Å²) in [5.74, 6) is 0.745. The molecule has 4 aromatic rings. The first-order chi connectivity index (χ1) is 14.6. The maximum absolute atomic E-state index is 12.7. The summed E-state index contributed by atoms with van der Waals surface area (Å²) in [7, 11) is 0. The molecule has 0 unspecified atom stereocenters. The van der Waals surface area contributed by atoms with Crippen molar-refractivity contribution >= 4 is 22.8 Å². The quantitative estimate of drug-likeness (QED) is 0.493. The molecule has 2 heterocycles. The molecule has 2 aromatic carbocycles. The Morgan fingerprint density at radius 2 is 1.70 bits per heavy atom. The van der Waals surface area contributed by atoms with Crippen LogP contribution in [-0.2, 0) is 6.54 Å². The van der Waals surface area contributed by atoms with Gasteiger partial charge in [0.05, 0.1) is 17.3 Å². The van der Waals surface area contributed by atoms with E-state index in [0.29, 0.717) is 30.5 Å². The summed E-state index contributed by atoms with van der Waals surface area (Å²) in [6.07, 6.45) is 1.73. The van der Waals surface area contributed by atoms with E-state index in [0.717, 1.165) is 16.6 Å². The zero-order chi connectivity index (χ0) is 20.9. The summed E-state index contributed by atoms with van der Waals surface area (Å²) in [4.78, 5) is 21.8. The Balaban J connectivity index is 1.74. The molecule has 2 N–H and O–H groups in total. The van der Waals surface area contributed by atoms with Gasteiger partial charge in [-0.15, -0.1) is 0 Å². The van der Waals surface area contributed by atoms with Crippen molar-refractivity contribution in [3.8, 4) is 5.69 Å². The second-order valence-electron chi connectivity index (χ2n) is 7.47. The lowest BCUT2D eigenvalue weighted by Gasteiger charge is -2.11. The van der Waals surface area contributed by atoms with Gasteiger partial charge in [-0.05, 0) is 23.6 Å². The first-order valence-electron chi connectivity index (χ1n) is 9.99. The number of aromatic nitrogens is 4. The van der Waals surface area contributed by atoms with Gasteiger partial charge in [0, 0.05) is 13.1 Å². The van der Waals surface area contributed by atoms with Crippen molar-refractivity contribution in [2.75, 3.05) is 11.9 Å². The van der Waals surface area contributed by atoms with E-state index in [9.17, 15) is 4.79 Å². The molecule has 0 atom stereocenters. The minimum Gasteiger partial charge on any atom is -0.365 e. The minimum atomic E-state index is -0.297. The van der Waals surface area contributed by atoms with E-state index in [1.54, 1.807) is 10.9 Å². The number of anilines is 1. The van der Waals surface area contributed by atoms with Crippen molar-refractivity contribution < 1.29 is 4.79 Å². The van der Waals surface area contributed by atoms with Crippen LogP contribution in [0.1, 0.15) is 30.0 Å². The maximum atomic E-state index is 12.7. The lowest BCUT2D eigenvalue weighted by Crippen LogP contribution is -2.29. The topological polar surface area (TPSA) is 84.7 Å². The standard InChI is InChI=1S/C23H24N6O/c1-16(2)13-25-23(30)21-27-20(24-14-17-9-5-3-6-10-17)19-15-26-29(22(19)28-21)18-11-7-4-8-12-18/h3-12,15-16H,13-14H2,1-2H3,(H,25,30)(H,24,27,28). The lowest BCUT2D eigenvalue weighted by atomic mass is 10.2. The second kappa shape index (κ2) is 8.73. The maximum Gasteiger partial charge on any atom is 0.289 e. The van der Waals surface area contributed by atoms with Crippen molar-refractivity contribution in [1.29, 1.82) is 0 Å². The van der Waals surface area contributed by atoms with Crippen molar-refractivity contribution in [3.63, 3.8) is 0 Å². The van der Waals surface area contributed by atoms with Gasteiger partial charge in [-0.1, -0.05) is 62.4 Å². The van der Waals surface area contributed by atoms with Crippen LogP contribution in [0.3, 0.4) is 0 Å². The number of rotatable bonds is 7. The number of fused-ring (bicyclic) bond motifs is 1. The normalized spacial score (nSPS) is 11.0. The molecule has 30 heavy (non-hydrogen) atoms. The van der Waals surface area contributed by atoms with Crippen molar-refractivity contribution in [1.82, 2.24) is 25.1 Å². The van der Waals surface area contributed by atoms with Crippen molar-refractivity contribution in [3.05, 3.63) is 78.2 Å².